The highest BCUT2D eigenvalue weighted by atomic mass is 28.3. The average molecular weight is 797 g/mol. The fraction of sp³-hybridized carbons (Fsp3) is 0.263. The second-order valence-electron chi connectivity index (χ2n) is 18.8. The number of hydrogen-bond acceptors (Lipinski definition) is 2. The number of hydrogen-bond donors (Lipinski definition) is 0. The van der Waals surface area contributed by atoms with E-state index in [1.165, 1.54) is 125 Å². The van der Waals surface area contributed by atoms with E-state index >= 15 is 0 Å². The van der Waals surface area contributed by atoms with Gasteiger partial charge in [-0.25, -0.2) is 0 Å². The molecule has 0 spiro atoms. The second kappa shape index (κ2) is 15.1. The standard InChI is InChI=1S/C57H56N2Si/c1-60(2)55-24-13-12-21-52(55)53-22-14-23-54(56(53)60)59(48-19-10-5-11-20-48)51-37-31-45(32-38-51)57(40-41-25-28-46(57)39-41)44-29-35-50(36-30-44)58(47-17-8-4-9-18-47)49-33-26-43(27-34-49)42-15-6-3-7-16-42/h4-5,8-14,17-24,26-27,29-38,41-42,46H,3,6-7,15-16,25,28,39-40H2,1-2H3. The first kappa shape index (κ1) is 37.4. The minimum Gasteiger partial charge on any atom is -0.311 e. The predicted octanol–water partition coefficient (Wildman–Crippen LogP) is 14.6. The summed E-state index contributed by atoms with van der Waals surface area (Å²) in [7, 11) is -1.96. The maximum absolute atomic E-state index is 2.53. The van der Waals surface area contributed by atoms with Gasteiger partial charge in [-0.1, -0.05) is 148 Å². The Balaban J connectivity index is 0.963. The highest BCUT2D eigenvalue weighted by molar-refractivity contribution is 7.04. The Morgan fingerprint density at radius 2 is 1.00 bits per heavy atom. The summed E-state index contributed by atoms with van der Waals surface area (Å²) in [4.78, 5) is 4.98. The van der Waals surface area contributed by atoms with Crippen molar-refractivity contribution in [2.45, 2.75) is 82.2 Å². The summed E-state index contributed by atoms with van der Waals surface area (Å²) in [6.45, 7) is 5.06. The van der Waals surface area contributed by atoms with Crippen molar-refractivity contribution >= 4 is 52.6 Å². The van der Waals surface area contributed by atoms with E-state index in [4.69, 9.17) is 0 Å². The molecule has 0 amide bonds. The first-order chi connectivity index (χ1) is 29.5. The van der Waals surface area contributed by atoms with Crippen molar-refractivity contribution in [1.29, 1.82) is 0 Å². The molecule has 1 aliphatic heterocycles. The molecule has 3 aliphatic carbocycles. The molecule has 0 N–H and O–H groups in total. The topological polar surface area (TPSA) is 6.48 Å². The van der Waals surface area contributed by atoms with E-state index < -0.39 is 8.07 Å². The van der Waals surface area contributed by atoms with Crippen molar-refractivity contribution in [1.82, 2.24) is 0 Å². The maximum atomic E-state index is 2.53. The fourth-order valence-corrected chi connectivity index (χ4v) is 15.8. The number of benzene rings is 7. The van der Waals surface area contributed by atoms with Crippen LogP contribution in [0, 0.1) is 11.8 Å². The van der Waals surface area contributed by atoms with E-state index in [0.717, 1.165) is 5.92 Å². The largest absolute Gasteiger partial charge is 0.311 e. The number of anilines is 6. The molecule has 0 aromatic heterocycles. The molecule has 1 heterocycles. The first-order valence-corrected chi connectivity index (χ1v) is 25.7. The summed E-state index contributed by atoms with van der Waals surface area (Å²) < 4.78 is 0. The second-order valence-corrected chi connectivity index (χ2v) is 23.1. The van der Waals surface area contributed by atoms with Crippen LogP contribution in [0.4, 0.5) is 34.1 Å². The molecular formula is C57H56N2Si. The molecule has 11 rings (SSSR count). The lowest BCUT2D eigenvalue weighted by Gasteiger charge is -2.40. The summed E-state index contributed by atoms with van der Waals surface area (Å²) in [5.74, 6) is 2.15. The maximum Gasteiger partial charge on any atom is 0.116 e. The smallest absolute Gasteiger partial charge is 0.116 e. The van der Waals surface area contributed by atoms with Crippen molar-refractivity contribution in [2.24, 2.45) is 11.8 Å². The van der Waals surface area contributed by atoms with Crippen molar-refractivity contribution in [3.05, 3.63) is 193 Å². The van der Waals surface area contributed by atoms with Crippen LogP contribution >= 0.6 is 0 Å². The van der Waals surface area contributed by atoms with Gasteiger partial charge in [-0.15, -0.1) is 0 Å². The minimum absolute atomic E-state index is 0.0152. The number of fused-ring (bicyclic) bond motifs is 5. The van der Waals surface area contributed by atoms with E-state index in [0.29, 0.717) is 11.8 Å². The van der Waals surface area contributed by atoms with E-state index in [1.807, 2.05) is 0 Å². The van der Waals surface area contributed by atoms with E-state index in [2.05, 4.69) is 199 Å². The van der Waals surface area contributed by atoms with Crippen LogP contribution in [-0.2, 0) is 5.41 Å². The van der Waals surface area contributed by atoms with Gasteiger partial charge in [0.05, 0.1) is 0 Å². The molecule has 3 unspecified atom stereocenters. The summed E-state index contributed by atoms with van der Waals surface area (Å²) in [6, 6.07) is 67.2. The molecule has 2 bridgehead atoms. The first-order valence-electron chi connectivity index (χ1n) is 22.7. The van der Waals surface area contributed by atoms with Crippen LogP contribution in [-0.4, -0.2) is 8.07 Å². The zero-order valence-corrected chi connectivity index (χ0v) is 36.2. The van der Waals surface area contributed by atoms with Gasteiger partial charge in [0.1, 0.15) is 8.07 Å². The van der Waals surface area contributed by atoms with Gasteiger partial charge in [-0.3, -0.25) is 0 Å². The Morgan fingerprint density at radius 3 is 1.60 bits per heavy atom. The summed E-state index contributed by atoms with van der Waals surface area (Å²) in [5.41, 5.74) is 14.7. The van der Waals surface area contributed by atoms with Crippen LogP contribution in [0.3, 0.4) is 0 Å². The van der Waals surface area contributed by atoms with Crippen molar-refractivity contribution in [3.63, 3.8) is 0 Å². The predicted molar refractivity (Wildman–Crippen MR) is 256 cm³/mol. The Hall–Kier alpha value is -5.64. The molecule has 2 nitrogen and oxygen atoms in total. The molecule has 0 radical (unpaired) electrons. The lowest BCUT2D eigenvalue weighted by Crippen LogP contribution is -2.50. The lowest BCUT2D eigenvalue weighted by atomic mass is 9.64. The van der Waals surface area contributed by atoms with Crippen LogP contribution in [0.2, 0.25) is 13.1 Å². The Morgan fingerprint density at radius 1 is 0.467 bits per heavy atom. The zero-order valence-electron chi connectivity index (χ0n) is 35.2. The summed E-state index contributed by atoms with van der Waals surface area (Å²) in [5, 5.41) is 3.08. The van der Waals surface area contributed by atoms with E-state index in [-0.39, 0.29) is 5.41 Å². The van der Waals surface area contributed by atoms with Gasteiger partial charge in [0.2, 0.25) is 0 Å². The third-order valence-corrected chi connectivity index (χ3v) is 18.7. The molecule has 3 atom stereocenters. The number of rotatable bonds is 9. The van der Waals surface area contributed by atoms with E-state index in [9.17, 15) is 0 Å². The van der Waals surface area contributed by atoms with Crippen molar-refractivity contribution < 1.29 is 0 Å². The summed E-state index contributed by atoms with van der Waals surface area (Å²) in [6.07, 6.45) is 12.0. The molecule has 0 saturated heterocycles. The Kier molecular flexibility index (Phi) is 9.42. The van der Waals surface area contributed by atoms with Gasteiger partial charge < -0.3 is 9.80 Å². The van der Waals surface area contributed by atoms with Gasteiger partial charge >= 0.3 is 0 Å². The summed E-state index contributed by atoms with van der Waals surface area (Å²) >= 11 is 0. The van der Waals surface area contributed by atoms with Gasteiger partial charge in [0.15, 0.2) is 0 Å². The number of para-hydroxylation sites is 2. The monoisotopic (exact) mass is 796 g/mol. The van der Waals surface area contributed by atoms with Crippen LogP contribution in [0.15, 0.2) is 176 Å². The van der Waals surface area contributed by atoms with Gasteiger partial charge in [0, 0.05) is 39.5 Å². The van der Waals surface area contributed by atoms with Gasteiger partial charge in [0.25, 0.3) is 0 Å². The van der Waals surface area contributed by atoms with Crippen molar-refractivity contribution in [2.75, 3.05) is 9.80 Å². The molecule has 4 aliphatic rings. The molecule has 3 fully saturated rings. The van der Waals surface area contributed by atoms with Gasteiger partial charge in [-0.2, -0.15) is 0 Å². The van der Waals surface area contributed by atoms with Crippen molar-refractivity contribution in [3.8, 4) is 11.1 Å². The highest BCUT2D eigenvalue weighted by Crippen LogP contribution is 2.60. The third-order valence-electron chi connectivity index (χ3n) is 15.2. The molecule has 7 aromatic carbocycles. The minimum atomic E-state index is -1.96. The normalized spacial score (nSPS) is 21.4. The SMILES string of the molecule is C[Si]1(C)c2ccccc2-c2cccc(N(c3ccccc3)c3ccc(C4(c5ccc(N(c6ccccc6)c6ccc(C7CCCCC7)cc6)cc5)CC5CCC4C5)cc3)c21. The van der Waals surface area contributed by atoms with Crippen LogP contribution in [0.1, 0.15) is 80.4 Å². The zero-order chi connectivity index (χ0) is 40.3. The molecule has 298 valence electrons. The molecule has 60 heavy (non-hydrogen) atoms. The molecule has 3 saturated carbocycles. The van der Waals surface area contributed by atoms with Gasteiger partial charge in [-0.05, 0) is 155 Å². The molecule has 3 heteroatoms. The molecular weight excluding hydrogens is 741 g/mol. The Labute approximate surface area is 358 Å². The lowest BCUT2D eigenvalue weighted by molar-refractivity contribution is 0.320. The van der Waals surface area contributed by atoms with Crippen LogP contribution in [0.25, 0.3) is 11.1 Å². The van der Waals surface area contributed by atoms with Crippen LogP contribution < -0.4 is 20.2 Å². The highest BCUT2D eigenvalue weighted by Gasteiger charge is 2.53. The fourth-order valence-electron chi connectivity index (χ4n) is 12.4. The quantitative estimate of drug-likeness (QED) is 0.134. The van der Waals surface area contributed by atoms with Crippen LogP contribution in [0.5, 0.6) is 0 Å². The average Bonchev–Trinajstić information content (AvgIpc) is 4.00. The Bertz CT molecular complexity index is 2610. The third kappa shape index (κ3) is 6.19. The number of nitrogens with zero attached hydrogens (tertiary/aromatic N) is 2. The molecule has 7 aromatic rings. The van der Waals surface area contributed by atoms with E-state index in [1.54, 1.807) is 5.19 Å².